The maximum absolute atomic E-state index is 13.2. The molecule has 0 bridgehead atoms. The van der Waals surface area contributed by atoms with Gasteiger partial charge in [-0.1, -0.05) is 66.2 Å². The first-order chi connectivity index (χ1) is 19.5. The largest absolute Gasteiger partial charge is 0.445 e. The molecule has 3 aromatic carbocycles. The van der Waals surface area contributed by atoms with Gasteiger partial charge in [-0.05, 0) is 72.9 Å². The molecule has 8 nitrogen and oxygen atoms in total. The molecule has 4 N–H and O–H groups in total. The van der Waals surface area contributed by atoms with Crippen LogP contribution in [-0.4, -0.2) is 41.4 Å². The lowest BCUT2D eigenvalue weighted by Gasteiger charge is -2.32. The number of nitrogens with zero attached hydrogens (tertiary/aromatic N) is 1. The summed E-state index contributed by atoms with van der Waals surface area (Å²) in [5.41, 5.74) is 5.57. The van der Waals surface area contributed by atoms with Gasteiger partial charge in [0.25, 0.3) is 5.91 Å². The molecule has 0 radical (unpaired) electrons. The minimum absolute atomic E-state index is 0. The van der Waals surface area contributed by atoms with Crippen LogP contribution in [0, 0.1) is 0 Å². The van der Waals surface area contributed by atoms with Crippen LogP contribution in [0.15, 0.2) is 90.5 Å². The molecule has 5 rings (SSSR count). The Morgan fingerprint density at radius 2 is 1.61 bits per heavy atom. The van der Waals surface area contributed by atoms with Gasteiger partial charge in [0.2, 0.25) is 5.91 Å². The third-order valence-corrected chi connectivity index (χ3v) is 7.56. The number of alkyl carbamates (subject to hydrolysis) is 1. The summed E-state index contributed by atoms with van der Waals surface area (Å²) in [5.74, 6) is 0.194. The van der Waals surface area contributed by atoms with Gasteiger partial charge in [-0.25, -0.2) is 4.79 Å². The Morgan fingerprint density at radius 3 is 2.34 bits per heavy atom. The Morgan fingerprint density at radius 1 is 0.878 bits per heavy atom. The molecule has 41 heavy (non-hydrogen) atoms. The SMILES string of the molecule is O.O=C(C=C1CCC1)Nc1cccc(C(=O)N2CCC(c3cccc(CNC(=O)OCc4ccccc4)c3)CC2)c1. The summed E-state index contributed by atoms with van der Waals surface area (Å²) in [6, 6.07) is 25.0. The minimum atomic E-state index is -0.444. The first kappa shape index (κ1) is 29.6. The van der Waals surface area contributed by atoms with Crippen LogP contribution in [0.1, 0.15) is 65.1 Å². The van der Waals surface area contributed by atoms with Crippen molar-refractivity contribution < 1.29 is 24.6 Å². The summed E-state index contributed by atoms with van der Waals surface area (Å²) >= 11 is 0. The van der Waals surface area contributed by atoms with Crippen molar-refractivity contribution in [1.29, 1.82) is 0 Å². The molecule has 1 aliphatic heterocycles. The zero-order valence-corrected chi connectivity index (χ0v) is 23.1. The van der Waals surface area contributed by atoms with Gasteiger partial charge in [-0.15, -0.1) is 0 Å². The summed E-state index contributed by atoms with van der Waals surface area (Å²) in [5, 5.41) is 5.71. The molecule has 1 heterocycles. The Labute approximate surface area is 240 Å². The first-order valence-electron chi connectivity index (χ1n) is 14.0. The van der Waals surface area contributed by atoms with E-state index in [2.05, 4.69) is 22.8 Å². The fraction of sp³-hybridized carbons (Fsp3) is 0.303. The highest BCUT2D eigenvalue weighted by Crippen LogP contribution is 2.30. The van der Waals surface area contributed by atoms with Crippen LogP contribution in [0.25, 0.3) is 0 Å². The van der Waals surface area contributed by atoms with Crippen molar-refractivity contribution in [3.8, 4) is 0 Å². The quantitative estimate of drug-likeness (QED) is 0.364. The maximum atomic E-state index is 13.2. The summed E-state index contributed by atoms with van der Waals surface area (Å²) < 4.78 is 5.30. The van der Waals surface area contributed by atoms with Gasteiger partial charge in [-0.2, -0.15) is 0 Å². The zero-order chi connectivity index (χ0) is 27.7. The van der Waals surface area contributed by atoms with Crippen LogP contribution in [0.3, 0.4) is 0 Å². The first-order valence-corrected chi connectivity index (χ1v) is 14.0. The fourth-order valence-corrected chi connectivity index (χ4v) is 5.12. The Hall–Kier alpha value is -4.43. The van der Waals surface area contributed by atoms with Crippen LogP contribution in [-0.2, 0) is 22.7 Å². The fourth-order valence-electron chi connectivity index (χ4n) is 5.12. The highest BCUT2D eigenvalue weighted by molar-refractivity contribution is 6.01. The number of hydrogen-bond acceptors (Lipinski definition) is 4. The number of anilines is 1. The van der Waals surface area contributed by atoms with Gasteiger partial charge in [0.15, 0.2) is 0 Å². The molecule has 0 unspecified atom stereocenters. The monoisotopic (exact) mass is 555 g/mol. The van der Waals surface area contributed by atoms with Crippen molar-refractivity contribution in [3.63, 3.8) is 0 Å². The summed E-state index contributed by atoms with van der Waals surface area (Å²) in [6.45, 7) is 1.96. The third kappa shape index (κ3) is 8.28. The van der Waals surface area contributed by atoms with Crippen LogP contribution in [0.2, 0.25) is 0 Å². The Kier molecular flexibility index (Phi) is 10.3. The minimum Gasteiger partial charge on any atom is -0.445 e. The van der Waals surface area contributed by atoms with E-state index in [4.69, 9.17) is 4.74 Å². The van der Waals surface area contributed by atoms with Gasteiger partial charge in [-0.3, -0.25) is 9.59 Å². The van der Waals surface area contributed by atoms with Crippen molar-refractivity contribution in [1.82, 2.24) is 10.2 Å². The van der Waals surface area contributed by atoms with E-state index < -0.39 is 6.09 Å². The third-order valence-electron chi connectivity index (χ3n) is 7.56. The van der Waals surface area contributed by atoms with Gasteiger partial charge in [0.1, 0.15) is 6.61 Å². The number of hydrogen-bond donors (Lipinski definition) is 2. The second-order valence-corrected chi connectivity index (χ2v) is 10.5. The molecule has 0 aromatic heterocycles. The number of nitrogens with one attached hydrogen (secondary N) is 2. The molecule has 214 valence electrons. The second-order valence-electron chi connectivity index (χ2n) is 10.5. The predicted octanol–water partition coefficient (Wildman–Crippen LogP) is 5.36. The van der Waals surface area contributed by atoms with Gasteiger partial charge in [0.05, 0.1) is 0 Å². The van der Waals surface area contributed by atoms with Crippen molar-refractivity contribution in [2.24, 2.45) is 0 Å². The number of likely N-dealkylation sites (tertiary alicyclic amines) is 1. The number of amides is 3. The van der Waals surface area contributed by atoms with E-state index in [1.807, 2.05) is 59.5 Å². The van der Waals surface area contributed by atoms with Crippen LogP contribution >= 0.6 is 0 Å². The average molecular weight is 556 g/mol. The summed E-state index contributed by atoms with van der Waals surface area (Å²) in [6.07, 6.45) is 6.09. The molecule has 1 saturated carbocycles. The summed E-state index contributed by atoms with van der Waals surface area (Å²) in [7, 11) is 0. The molecule has 3 aromatic rings. The average Bonchev–Trinajstić information content (AvgIpc) is 2.97. The van der Waals surface area contributed by atoms with E-state index in [-0.39, 0.29) is 23.9 Å². The van der Waals surface area contributed by atoms with E-state index in [0.29, 0.717) is 36.8 Å². The lowest BCUT2D eigenvalue weighted by Crippen LogP contribution is -2.38. The smallest absolute Gasteiger partial charge is 0.407 e. The van der Waals surface area contributed by atoms with E-state index >= 15 is 0 Å². The molecule has 3 amide bonds. The van der Waals surface area contributed by atoms with E-state index in [0.717, 1.165) is 43.2 Å². The standard InChI is InChI=1S/C33H35N3O4.H2O/c37-31(20-24-9-4-10-24)35-30-14-6-13-29(21-30)32(38)36-17-15-27(16-18-36)28-12-5-11-26(19-28)22-34-33(39)40-23-25-7-2-1-3-8-25;/h1-3,5-8,11-14,19-21,27H,4,9-10,15-18,22-23H2,(H,34,39)(H,35,37);1H2. The molecule has 0 atom stereocenters. The Bertz CT molecular complexity index is 1370. The zero-order valence-electron chi connectivity index (χ0n) is 23.1. The molecule has 0 spiro atoms. The summed E-state index contributed by atoms with van der Waals surface area (Å²) in [4.78, 5) is 39.5. The molecule has 2 aliphatic rings. The van der Waals surface area contributed by atoms with Gasteiger partial charge >= 0.3 is 6.09 Å². The number of carbonyl (C=O) groups is 3. The van der Waals surface area contributed by atoms with E-state index in [1.165, 1.54) is 11.1 Å². The van der Waals surface area contributed by atoms with Crippen molar-refractivity contribution in [2.45, 2.75) is 51.2 Å². The molecule has 1 saturated heterocycles. The number of allylic oxidation sites excluding steroid dienone is 1. The number of piperidine rings is 1. The van der Waals surface area contributed by atoms with Gasteiger partial charge in [0, 0.05) is 37.0 Å². The Balaban J connectivity index is 0.00000387. The number of carbonyl (C=O) groups excluding carboxylic acids is 3. The number of rotatable bonds is 8. The molecular formula is C33H37N3O5. The van der Waals surface area contributed by atoms with Crippen molar-refractivity contribution in [3.05, 3.63) is 113 Å². The molecular weight excluding hydrogens is 518 g/mol. The van der Waals surface area contributed by atoms with Crippen molar-refractivity contribution in [2.75, 3.05) is 18.4 Å². The second kappa shape index (κ2) is 14.3. The van der Waals surface area contributed by atoms with E-state index in [1.54, 1.807) is 18.2 Å². The van der Waals surface area contributed by atoms with E-state index in [9.17, 15) is 14.4 Å². The van der Waals surface area contributed by atoms with Crippen LogP contribution < -0.4 is 10.6 Å². The van der Waals surface area contributed by atoms with Crippen LogP contribution in [0.4, 0.5) is 10.5 Å². The molecule has 8 heteroatoms. The molecule has 2 fully saturated rings. The number of ether oxygens (including phenoxy) is 1. The van der Waals surface area contributed by atoms with Gasteiger partial charge < -0.3 is 25.7 Å². The van der Waals surface area contributed by atoms with Crippen LogP contribution in [0.5, 0.6) is 0 Å². The predicted molar refractivity (Wildman–Crippen MR) is 158 cm³/mol. The molecule has 1 aliphatic carbocycles. The normalized spacial score (nSPS) is 14.7. The lowest BCUT2D eigenvalue weighted by atomic mass is 9.88. The lowest BCUT2D eigenvalue weighted by molar-refractivity contribution is -0.112. The number of benzene rings is 3. The van der Waals surface area contributed by atoms with Crippen molar-refractivity contribution >= 4 is 23.6 Å². The topological polar surface area (TPSA) is 119 Å². The maximum Gasteiger partial charge on any atom is 0.407 e. The highest BCUT2D eigenvalue weighted by atomic mass is 16.5. The highest BCUT2D eigenvalue weighted by Gasteiger charge is 2.25.